The van der Waals surface area contributed by atoms with Gasteiger partial charge in [-0.1, -0.05) is 25.5 Å². The third-order valence-corrected chi connectivity index (χ3v) is 2.44. The van der Waals surface area contributed by atoms with Crippen molar-refractivity contribution in [2.75, 3.05) is 13.1 Å². The van der Waals surface area contributed by atoms with E-state index in [0.717, 1.165) is 13.1 Å². The number of aryl methyl sites for hydroxylation is 1. The van der Waals surface area contributed by atoms with E-state index in [9.17, 15) is 0 Å². The number of aromatic nitrogens is 1. The lowest BCUT2D eigenvalue weighted by atomic mass is 10.1. The first-order chi connectivity index (χ1) is 7.59. The van der Waals surface area contributed by atoms with Crippen LogP contribution in [0.3, 0.4) is 0 Å². The van der Waals surface area contributed by atoms with Gasteiger partial charge in [-0.15, -0.1) is 0 Å². The van der Waals surface area contributed by atoms with Gasteiger partial charge in [0, 0.05) is 18.9 Å². The summed E-state index contributed by atoms with van der Waals surface area (Å²) in [7, 11) is 0. The predicted molar refractivity (Wildman–Crippen MR) is 70.3 cm³/mol. The molecule has 2 nitrogen and oxygen atoms in total. The molecule has 0 aliphatic carbocycles. The Bertz CT molecular complexity index is 354. The number of hydrogen-bond donors (Lipinski definition) is 1. The van der Waals surface area contributed by atoms with Crippen LogP contribution in [0.5, 0.6) is 0 Å². The van der Waals surface area contributed by atoms with Crippen molar-refractivity contribution in [3.63, 3.8) is 0 Å². The summed E-state index contributed by atoms with van der Waals surface area (Å²) in [5.74, 6) is 0.702. The normalized spacial score (nSPS) is 12.2. The molecule has 0 atom stereocenters. The maximum absolute atomic E-state index is 4.14. The summed E-state index contributed by atoms with van der Waals surface area (Å²) < 4.78 is 0. The van der Waals surface area contributed by atoms with E-state index in [0.29, 0.717) is 5.92 Å². The standard InChI is InChI=1S/C14H22N2/c1-11(2)8-16-9-12(3)7-14-10-15-6-5-13(14)4/h5-7,10-11,16H,8-9H2,1-4H3/b12-7+. The van der Waals surface area contributed by atoms with Crippen LogP contribution in [-0.4, -0.2) is 18.1 Å². The summed E-state index contributed by atoms with van der Waals surface area (Å²) in [4.78, 5) is 4.14. The summed E-state index contributed by atoms with van der Waals surface area (Å²) in [6, 6.07) is 2.04. The zero-order chi connectivity index (χ0) is 12.0. The molecule has 0 aliphatic heterocycles. The SMILES string of the molecule is C/C(=C\c1cnccc1C)CNCC(C)C. The van der Waals surface area contributed by atoms with Crippen LogP contribution >= 0.6 is 0 Å². The van der Waals surface area contributed by atoms with Crippen LogP contribution in [0, 0.1) is 12.8 Å². The molecule has 1 aromatic rings. The van der Waals surface area contributed by atoms with Gasteiger partial charge in [-0.05, 0) is 43.5 Å². The number of nitrogens with zero attached hydrogens (tertiary/aromatic N) is 1. The molecule has 1 aromatic heterocycles. The van der Waals surface area contributed by atoms with Crippen LogP contribution in [0.4, 0.5) is 0 Å². The molecular formula is C14H22N2. The van der Waals surface area contributed by atoms with Crippen molar-refractivity contribution in [1.82, 2.24) is 10.3 Å². The highest BCUT2D eigenvalue weighted by Crippen LogP contribution is 2.09. The van der Waals surface area contributed by atoms with Crippen LogP contribution in [0.15, 0.2) is 24.0 Å². The quantitative estimate of drug-likeness (QED) is 0.821. The van der Waals surface area contributed by atoms with Gasteiger partial charge in [0.25, 0.3) is 0 Å². The van der Waals surface area contributed by atoms with Crippen molar-refractivity contribution in [3.8, 4) is 0 Å². The molecule has 1 rings (SSSR count). The summed E-state index contributed by atoms with van der Waals surface area (Å²) in [5.41, 5.74) is 3.83. The van der Waals surface area contributed by atoms with Gasteiger partial charge in [-0.2, -0.15) is 0 Å². The number of hydrogen-bond acceptors (Lipinski definition) is 2. The van der Waals surface area contributed by atoms with E-state index >= 15 is 0 Å². The molecule has 0 saturated carbocycles. The van der Waals surface area contributed by atoms with E-state index in [4.69, 9.17) is 0 Å². The molecule has 16 heavy (non-hydrogen) atoms. The van der Waals surface area contributed by atoms with E-state index in [2.05, 4.69) is 44.1 Å². The van der Waals surface area contributed by atoms with E-state index in [1.54, 1.807) is 0 Å². The molecule has 0 unspecified atom stereocenters. The van der Waals surface area contributed by atoms with Crippen molar-refractivity contribution >= 4 is 6.08 Å². The first-order valence-electron chi connectivity index (χ1n) is 5.88. The van der Waals surface area contributed by atoms with E-state index in [1.807, 2.05) is 18.5 Å². The molecule has 0 radical (unpaired) electrons. The number of rotatable bonds is 5. The van der Waals surface area contributed by atoms with Crippen molar-refractivity contribution < 1.29 is 0 Å². The van der Waals surface area contributed by atoms with Gasteiger partial charge in [-0.3, -0.25) is 4.98 Å². The molecule has 88 valence electrons. The van der Waals surface area contributed by atoms with E-state index in [-0.39, 0.29) is 0 Å². The monoisotopic (exact) mass is 218 g/mol. The summed E-state index contributed by atoms with van der Waals surface area (Å²) in [6.45, 7) is 10.7. The van der Waals surface area contributed by atoms with Crippen LogP contribution in [-0.2, 0) is 0 Å². The largest absolute Gasteiger partial charge is 0.313 e. The average molecular weight is 218 g/mol. The van der Waals surface area contributed by atoms with Crippen molar-refractivity contribution in [3.05, 3.63) is 35.2 Å². The van der Waals surface area contributed by atoms with E-state index < -0.39 is 0 Å². The zero-order valence-electron chi connectivity index (χ0n) is 10.7. The van der Waals surface area contributed by atoms with Crippen LogP contribution in [0.25, 0.3) is 6.08 Å². The molecule has 1 N–H and O–H groups in total. The van der Waals surface area contributed by atoms with Gasteiger partial charge in [0.1, 0.15) is 0 Å². The Labute approximate surface area is 98.8 Å². The molecule has 1 heterocycles. The molecule has 0 aromatic carbocycles. The van der Waals surface area contributed by atoms with Gasteiger partial charge in [0.05, 0.1) is 0 Å². The Morgan fingerprint density at radius 2 is 2.25 bits per heavy atom. The molecule has 0 bridgehead atoms. The highest BCUT2D eigenvalue weighted by Gasteiger charge is 1.96. The van der Waals surface area contributed by atoms with Crippen molar-refractivity contribution in [1.29, 1.82) is 0 Å². The Kier molecular flexibility index (Phi) is 5.20. The summed E-state index contributed by atoms with van der Waals surface area (Å²) in [6.07, 6.45) is 5.95. The second-order valence-corrected chi connectivity index (χ2v) is 4.75. The first-order valence-corrected chi connectivity index (χ1v) is 5.88. The highest BCUT2D eigenvalue weighted by molar-refractivity contribution is 5.55. The lowest BCUT2D eigenvalue weighted by molar-refractivity contribution is 0.572. The fraction of sp³-hybridized carbons (Fsp3) is 0.500. The maximum Gasteiger partial charge on any atom is 0.0342 e. The predicted octanol–water partition coefficient (Wildman–Crippen LogP) is 3.04. The Balaban J connectivity index is 2.53. The Morgan fingerprint density at radius 3 is 2.88 bits per heavy atom. The van der Waals surface area contributed by atoms with Gasteiger partial charge in [0.15, 0.2) is 0 Å². The smallest absolute Gasteiger partial charge is 0.0342 e. The van der Waals surface area contributed by atoms with E-state index in [1.165, 1.54) is 16.7 Å². The average Bonchev–Trinajstić information content (AvgIpc) is 2.21. The minimum Gasteiger partial charge on any atom is -0.313 e. The topological polar surface area (TPSA) is 24.9 Å². The maximum atomic E-state index is 4.14. The summed E-state index contributed by atoms with van der Waals surface area (Å²) >= 11 is 0. The number of pyridine rings is 1. The molecule has 2 heteroatoms. The van der Waals surface area contributed by atoms with Crippen LogP contribution in [0.2, 0.25) is 0 Å². The second-order valence-electron chi connectivity index (χ2n) is 4.75. The minimum absolute atomic E-state index is 0.702. The molecule has 0 spiro atoms. The van der Waals surface area contributed by atoms with Gasteiger partial charge in [0.2, 0.25) is 0 Å². The second kappa shape index (κ2) is 6.44. The molecule has 0 aliphatic rings. The fourth-order valence-corrected chi connectivity index (χ4v) is 1.50. The molecule has 0 saturated heterocycles. The molecule has 0 amide bonds. The van der Waals surface area contributed by atoms with Gasteiger partial charge < -0.3 is 5.32 Å². The fourth-order valence-electron chi connectivity index (χ4n) is 1.50. The summed E-state index contributed by atoms with van der Waals surface area (Å²) in [5, 5.41) is 3.44. The third-order valence-electron chi connectivity index (χ3n) is 2.44. The Hall–Kier alpha value is -1.15. The molecule has 0 fully saturated rings. The third kappa shape index (κ3) is 4.58. The van der Waals surface area contributed by atoms with Gasteiger partial charge in [-0.25, -0.2) is 0 Å². The van der Waals surface area contributed by atoms with Crippen molar-refractivity contribution in [2.45, 2.75) is 27.7 Å². The number of nitrogens with one attached hydrogen (secondary N) is 1. The lowest BCUT2D eigenvalue weighted by Gasteiger charge is -2.08. The van der Waals surface area contributed by atoms with Crippen LogP contribution in [0.1, 0.15) is 31.9 Å². The van der Waals surface area contributed by atoms with Crippen molar-refractivity contribution in [2.24, 2.45) is 5.92 Å². The minimum atomic E-state index is 0.702. The zero-order valence-corrected chi connectivity index (χ0v) is 10.7. The molecular weight excluding hydrogens is 196 g/mol. The lowest BCUT2D eigenvalue weighted by Crippen LogP contribution is -2.21. The Morgan fingerprint density at radius 1 is 1.50 bits per heavy atom. The highest BCUT2D eigenvalue weighted by atomic mass is 14.8. The first kappa shape index (κ1) is 12.9. The van der Waals surface area contributed by atoms with Crippen LogP contribution < -0.4 is 5.32 Å². The van der Waals surface area contributed by atoms with Gasteiger partial charge >= 0.3 is 0 Å².